The molecule has 0 spiro atoms. The van der Waals surface area contributed by atoms with Gasteiger partial charge in [0.05, 0.1) is 13.7 Å². The number of benzene rings is 2. The van der Waals surface area contributed by atoms with Crippen molar-refractivity contribution < 1.29 is 9.15 Å². The van der Waals surface area contributed by atoms with Gasteiger partial charge in [-0.05, 0) is 23.8 Å². The van der Waals surface area contributed by atoms with Crippen LogP contribution in [0.3, 0.4) is 0 Å². The van der Waals surface area contributed by atoms with E-state index in [1.807, 2.05) is 66.7 Å². The van der Waals surface area contributed by atoms with Crippen LogP contribution in [0.25, 0.3) is 22.1 Å². The molecule has 0 aliphatic rings. The molecule has 0 amide bonds. The van der Waals surface area contributed by atoms with Gasteiger partial charge in [0, 0.05) is 17.1 Å². The number of para-hydroxylation sites is 1. The maximum atomic E-state index is 8.10. The molecule has 6 heteroatoms. The van der Waals surface area contributed by atoms with Gasteiger partial charge in [0.1, 0.15) is 17.0 Å². The van der Waals surface area contributed by atoms with E-state index < -0.39 is 0 Å². The summed E-state index contributed by atoms with van der Waals surface area (Å²) in [6, 6.07) is 21.6. The summed E-state index contributed by atoms with van der Waals surface area (Å²) in [5.74, 6) is 0.973. The molecule has 2 heterocycles. The molecule has 6 nitrogen and oxygen atoms in total. The second-order valence-corrected chi connectivity index (χ2v) is 6.34. The van der Waals surface area contributed by atoms with Gasteiger partial charge < -0.3 is 19.8 Å². The smallest absolute Gasteiger partial charge is 0.237 e. The second-order valence-electron chi connectivity index (χ2n) is 6.34. The number of pyridine rings is 1. The molecule has 0 aliphatic carbocycles. The molecule has 2 aromatic heterocycles. The Morgan fingerprint density at radius 1 is 1.07 bits per heavy atom. The third-order valence-electron chi connectivity index (χ3n) is 4.50. The van der Waals surface area contributed by atoms with Crippen LogP contribution in [-0.2, 0) is 6.54 Å². The molecular formula is C22H20N4O2. The fourth-order valence-corrected chi connectivity index (χ4v) is 3.15. The van der Waals surface area contributed by atoms with E-state index in [1.165, 1.54) is 0 Å². The lowest BCUT2D eigenvalue weighted by Gasteiger charge is -2.23. The van der Waals surface area contributed by atoms with Gasteiger partial charge in [-0.3, -0.25) is 5.41 Å². The predicted molar refractivity (Wildman–Crippen MR) is 111 cm³/mol. The van der Waals surface area contributed by atoms with Crippen molar-refractivity contribution in [3.63, 3.8) is 0 Å². The number of fused-ring (bicyclic) bond motifs is 1. The minimum atomic E-state index is -0.120. The van der Waals surface area contributed by atoms with Crippen molar-refractivity contribution in [2.24, 2.45) is 5.73 Å². The summed E-state index contributed by atoms with van der Waals surface area (Å²) in [5, 5.41) is 9.10. The van der Waals surface area contributed by atoms with E-state index >= 15 is 0 Å². The lowest BCUT2D eigenvalue weighted by atomic mass is 10.1. The van der Waals surface area contributed by atoms with Crippen molar-refractivity contribution in [1.82, 2.24) is 4.98 Å². The number of guanidine groups is 1. The van der Waals surface area contributed by atoms with E-state index in [-0.39, 0.29) is 5.96 Å². The van der Waals surface area contributed by atoms with E-state index in [4.69, 9.17) is 20.3 Å². The molecule has 4 rings (SSSR count). The van der Waals surface area contributed by atoms with Gasteiger partial charge >= 0.3 is 0 Å². The minimum Gasteiger partial charge on any atom is -0.480 e. The van der Waals surface area contributed by atoms with Crippen molar-refractivity contribution in [3.05, 3.63) is 78.7 Å². The molecule has 0 saturated carbocycles. The van der Waals surface area contributed by atoms with Gasteiger partial charge in [-0.25, -0.2) is 4.98 Å². The highest BCUT2D eigenvalue weighted by Gasteiger charge is 2.19. The molecular weight excluding hydrogens is 352 g/mol. The first-order chi connectivity index (χ1) is 13.7. The zero-order valence-corrected chi connectivity index (χ0v) is 15.4. The molecule has 4 aromatic rings. The Kier molecular flexibility index (Phi) is 4.68. The zero-order chi connectivity index (χ0) is 19.5. The number of aromatic nitrogens is 1. The number of nitrogens with two attached hydrogens (primary N) is 1. The van der Waals surface area contributed by atoms with Crippen LogP contribution in [0.15, 0.2) is 77.3 Å². The molecule has 140 valence electrons. The fraction of sp³-hybridized carbons (Fsp3) is 0.0909. The highest BCUT2D eigenvalue weighted by atomic mass is 16.5. The first-order valence-electron chi connectivity index (χ1n) is 8.84. The van der Waals surface area contributed by atoms with Crippen molar-refractivity contribution in [3.8, 4) is 17.0 Å². The fourth-order valence-electron chi connectivity index (χ4n) is 3.15. The van der Waals surface area contributed by atoms with Crippen LogP contribution < -0.4 is 15.4 Å². The third-order valence-corrected chi connectivity index (χ3v) is 4.50. The van der Waals surface area contributed by atoms with Crippen molar-refractivity contribution in [2.45, 2.75) is 6.54 Å². The first kappa shape index (κ1) is 17.6. The van der Waals surface area contributed by atoms with Crippen LogP contribution in [0, 0.1) is 5.41 Å². The van der Waals surface area contributed by atoms with E-state index in [0.29, 0.717) is 23.9 Å². The summed E-state index contributed by atoms with van der Waals surface area (Å²) in [7, 11) is 1.55. The van der Waals surface area contributed by atoms with E-state index in [2.05, 4.69) is 4.98 Å². The standard InChI is InChI=1S/C22H20N4O2/c1-27-21-19(12-17(13-25-21)15-7-3-2-4-8-15)26(22(23)24)14-18-11-16-9-5-6-10-20(16)28-18/h2-13H,14H2,1H3,(H3,23,24). The molecule has 2 aromatic carbocycles. The van der Waals surface area contributed by atoms with E-state index in [1.54, 1.807) is 18.2 Å². The average molecular weight is 372 g/mol. The number of methoxy groups -OCH3 is 1. The van der Waals surface area contributed by atoms with Crippen LogP contribution in [0.4, 0.5) is 5.69 Å². The quantitative estimate of drug-likeness (QED) is 0.400. The van der Waals surface area contributed by atoms with E-state index in [0.717, 1.165) is 22.1 Å². The molecule has 0 unspecified atom stereocenters. The molecule has 0 saturated heterocycles. The summed E-state index contributed by atoms with van der Waals surface area (Å²) in [4.78, 5) is 6.04. The number of furan rings is 1. The van der Waals surface area contributed by atoms with Crippen molar-refractivity contribution in [1.29, 1.82) is 5.41 Å². The summed E-state index contributed by atoms with van der Waals surface area (Å²) < 4.78 is 11.3. The zero-order valence-electron chi connectivity index (χ0n) is 15.4. The van der Waals surface area contributed by atoms with E-state index in [9.17, 15) is 0 Å². The number of nitrogens with zero attached hydrogens (tertiary/aromatic N) is 2. The van der Waals surface area contributed by atoms with Gasteiger partial charge in [-0.15, -0.1) is 0 Å². The van der Waals surface area contributed by atoms with Gasteiger partial charge in [0.2, 0.25) is 5.88 Å². The number of hydrogen-bond acceptors (Lipinski definition) is 4. The number of anilines is 1. The van der Waals surface area contributed by atoms with Crippen molar-refractivity contribution in [2.75, 3.05) is 12.0 Å². The molecule has 0 aliphatic heterocycles. The third kappa shape index (κ3) is 3.40. The highest BCUT2D eigenvalue weighted by Crippen LogP contribution is 2.32. The topological polar surface area (TPSA) is 88.4 Å². The largest absolute Gasteiger partial charge is 0.480 e. The van der Waals surface area contributed by atoms with Gasteiger partial charge in [-0.1, -0.05) is 48.5 Å². The Morgan fingerprint density at radius 2 is 1.82 bits per heavy atom. The minimum absolute atomic E-state index is 0.120. The Balaban J connectivity index is 1.75. The Bertz CT molecular complexity index is 1090. The molecule has 0 atom stereocenters. The van der Waals surface area contributed by atoms with Gasteiger partial charge in [0.15, 0.2) is 5.96 Å². The number of rotatable bonds is 5. The lowest BCUT2D eigenvalue weighted by Crippen LogP contribution is -2.36. The van der Waals surface area contributed by atoms with Crippen LogP contribution in [-0.4, -0.2) is 18.1 Å². The Labute approximate surface area is 162 Å². The summed E-state index contributed by atoms with van der Waals surface area (Å²) in [6.45, 7) is 0.292. The summed E-state index contributed by atoms with van der Waals surface area (Å²) in [6.07, 6.45) is 1.75. The lowest BCUT2D eigenvalue weighted by molar-refractivity contribution is 0.398. The molecule has 0 bridgehead atoms. The van der Waals surface area contributed by atoms with Crippen LogP contribution in [0.2, 0.25) is 0 Å². The normalized spacial score (nSPS) is 10.8. The van der Waals surface area contributed by atoms with Gasteiger partial charge in [0.25, 0.3) is 0 Å². The van der Waals surface area contributed by atoms with Crippen LogP contribution >= 0.6 is 0 Å². The average Bonchev–Trinajstić information content (AvgIpc) is 3.14. The maximum absolute atomic E-state index is 8.10. The number of hydrogen-bond donors (Lipinski definition) is 2. The molecule has 28 heavy (non-hydrogen) atoms. The Hall–Kier alpha value is -3.80. The van der Waals surface area contributed by atoms with Crippen LogP contribution in [0.1, 0.15) is 5.76 Å². The second kappa shape index (κ2) is 7.44. The monoisotopic (exact) mass is 372 g/mol. The SMILES string of the molecule is COc1ncc(-c2ccccc2)cc1N(Cc1cc2ccccc2o1)C(=N)N. The first-order valence-corrected chi connectivity index (χ1v) is 8.84. The number of ether oxygens (including phenoxy) is 1. The molecule has 3 N–H and O–H groups in total. The maximum Gasteiger partial charge on any atom is 0.237 e. The molecule has 0 radical (unpaired) electrons. The number of nitrogens with one attached hydrogen (secondary N) is 1. The molecule has 0 fully saturated rings. The van der Waals surface area contributed by atoms with Crippen molar-refractivity contribution >= 4 is 22.6 Å². The van der Waals surface area contributed by atoms with Crippen LogP contribution in [0.5, 0.6) is 5.88 Å². The Morgan fingerprint density at radius 3 is 2.54 bits per heavy atom. The van der Waals surface area contributed by atoms with Gasteiger partial charge in [-0.2, -0.15) is 0 Å². The highest BCUT2D eigenvalue weighted by molar-refractivity contribution is 5.94. The summed E-state index contributed by atoms with van der Waals surface area (Å²) >= 11 is 0. The summed E-state index contributed by atoms with van der Waals surface area (Å²) in [5.41, 5.74) is 9.24. The predicted octanol–water partition coefficient (Wildman–Crippen LogP) is 4.40.